The first-order valence-electron chi connectivity index (χ1n) is 4.77. The third kappa shape index (κ3) is 2.07. The third-order valence-electron chi connectivity index (χ3n) is 2.21. The number of rotatable bonds is 3. The molecule has 0 aliphatic carbocycles. The van der Waals surface area contributed by atoms with E-state index in [9.17, 15) is 9.59 Å². The van der Waals surface area contributed by atoms with Crippen molar-refractivity contribution in [3.63, 3.8) is 0 Å². The number of nitrogen functional groups attached to an aromatic ring is 1. The van der Waals surface area contributed by atoms with Gasteiger partial charge in [-0.05, 0) is 17.8 Å². The normalized spacial score (nSPS) is 10.5. The SMILES string of the molecule is Cn1c(Sc2nccc(C(=O)O)c2N)n[nH]c1=O. The van der Waals surface area contributed by atoms with E-state index in [0.717, 1.165) is 11.8 Å². The average Bonchev–Trinajstić information content (AvgIpc) is 2.63. The zero-order valence-corrected chi connectivity index (χ0v) is 10.1. The highest BCUT2D eigenvalue weighted by Gasteiger charge is 2.15. The lowest BCUT2D eigenvalue weighted by Crippen LogP contribution is -2.13. The van der Waals surface area contributed by atoms with Crippen LogP contribution in [0.15, 0.2) is 27.2 Å². The molecule has 4 N–H and O–H groups in total. The number of pyridine rings is 1. The number of nitrogens with zero attached hydrogens (tertiary/aromatic N) is 3. The highest BCUT2D eigenvalue weighted by atomic mass is 32.2. The predicted molar refractivity (Wildman–Crippen MR) is 63.6 cm³/mol. The molecule has 0 aliphatic heterocycles. The van der Waals surface area contributed by atoms with Gasteiger partial charge in [-0.1, -0.05) is 0 Å². The second kappa shape index (κ2) is 4.53. The van der Waals surface area contributed by atoms with Gasteiger partial charge in [-0.15, -0.1) is 5.10 Å². The Hall–Kier alpha value is -2.29. The van der Waals surface area contributed by atoms with Crippen molar-refractivity contribution in [3.8, 4) is 0 Å². The van der Waals surface area contributed by atoms with Crippen LogP contribution in [0.5, 0.6) is 0 Å². The van der Waals surface area contributed by atoms with Crippen molar-refractivity contribution in [3.05, 3.63) is 28.3 Å². The maximum atomic E-state index is 11.2. The van der Waals surface area contributed by atoms with Gasteiger partial charge in [0.1, 0.15) is 5.03 Å². The number of aromatic amines is 1. The van der Waals surface area contributed by atoms with E-state index < -0.39 is 5.97 Å². The van der Waals surface area contributed by atoms with Gasteiger partial charge in [0.25, 0.3) is 0 Å². The molecule has 9 heteroatoms. The largest absolute Gasteiger partial charge is 0.478 e. The molecule has 0 saturated carbocycles. The summed E-state index contributed by atoms with van der Waals surface area (Å²) in [6, 6.07) is 1.31. The van der Waals surface area contributed by atoms with Crippen LogP contribution in [0.4, 0.5) is 5.69 Å². The Morgan fingerprint density at radius 3 is 2.89 bits per heavy atom. The Labute approximate surface area is 105 Å². The molecule has 2 rings (SSSR count). The Morgan fingerprint density at radius 2 is 2.33 bits per heavy atom. The zero-order valence-electron chi connectivity index (χ0n) is 9.25. The average molecular weight is 267 g/mol. The van der Waals surface area contributed by atoms with Crippen LogP contribution in [0.3, 0.4) is 0 Å². The fraction of sp³-hybridized carbons (Fsp3) is 0.111. The first-order valence-corrected chi connectivity index (χ1v) is 5.59. The minimum Gasteiger partial charge on any atom is -0.478 e. The van der Waals surface area contributed by atoms with Gasteiger partial charge in [-0.25, -0.2) is 19.7 Å². The number of anilines is 1. The number of hydrogen-bond acceptors (Lipinski definition) is 6. The van der Waals surface area contributed by atoms with Crippen molar-refractivity contribution in [2.24, 2.45) is 7.05 Å². The molecule has 0 spiro atoms. The van der Waals surface area contributed by atoms with Crippen LogP contribution in [0.25, 0.3) is 0 Å². The van der Waals surface area contributed by atoms with Gasteiger partial charge >= 0.3 is 11.7 Å². The Bertz CT molecular complexity index is 662. The monoisotopic (exact) mass is 267 g/mol. The summed E-state index contributed by atoms with van der Waals surface area (Å²) in [6.45, 7) is 0. The lowest BCUT2D eigenvalue weighted by molar-refractivity contribution is 0.0697. The summed E-state index contributed by atoms with van der Waals surface area (Å²) in [4.78, 5) is 26.1. The summed E-state index contributed by atoms with van der Waals surface area (Å²) in [6.07, 6.45) is 1.34. The highest BCUT2D eigenvalue weighted by molar-refractivity contribution is 7.99. The molecule has 94 valence electrons. The summed E-state index contributed by atoms with van der Waals surface area (Å²) in [7, 11) is 1.53. The topological polar surface area (TPSA) is 127 Å². The van der Waals surface area contributed by atoms with Gasteiger partial charge < -0.3 is 10.8 Å². The van der Waals surface area contributed by atoms with Crippen molar-refractivity contribution in [1.29, 1.82) is 0 Å². The Balaban J connectivity index is 2.41. The fourth-order valence-electron chi connectivity index (χ4n) is 1.23. The van der Waals surface area contributed by atoms with E-state index in [1.165, 1.54) is 23.9 Å². The molecule has 0 atom stereocenters. The molecule has 2 aromatic heterocycles. The lowest BCUT2D eigenvalue weighted by atomic mass is 10.2. The van der Waals surface area contributed by atoms with E-state index in [4.69, 9.17) is 10.8 Å². The van der Waals surface area contributed by atoms with Crippen molar-refractivity contribution in [2.45, 2.75) is 10.2 Å². The molecule has 0 bridgehead atoms. The second-order valence-electron chi connectivity index (χ2n) is 3.35. The van der Waals surface area contributed by atoms with E-state index in [-0.39, 0.29) is 22.0 Å². The molecule has 2 heterocycles. The minimum absolute atomic E-state index is 0.0342. The molecular formula is C9H9N5O3S. The van der Waals surface area contributed by atoms with Gasteiger partial charge in [-0.2, -0.15) is 0 Å². The molecule has 0 aromatic carbocycles. The summed E-state index contributed by atoms with van der Waals surface area (Å²) < 4.78 is 1.28. The van der Waals surface area contributed by atoms with Crippen LogP contribution in [0.2, 0.25) is 0 Å². The van der Waals surface area contributed by atoms with E-state index in [2.05, 4.69) is 15.2 Å². The number of carboxylic acids is 1. The quantitative estimate of drug-likeness (QED) is 0.710. The van der Waals surface area contributed by atoms with Gasteiger partial charge in [-0.3, -0.25) is 4.57 Å². The van der Waals surface area contributed by atoms with Crippen LogP contribution in [0, 0.1) is 0 Å². The van der Waals surface area contributed by atoms with Crippen molar-refractivity contribution in [2.75, 3.05) is 5.73 Å². The Kier molecular flexibility index (Phi) is 3.06. The minimum atomic E-state index is -1.13. The second-order valence-corrected chi connectivity index (χ2v) is 4.31. The Morgan fingerprint density at radius 1 is 1.61 bits per heavy atom. The molecule has 0 amide bonds. The first-order chi connectivity index (χ1) is 8.50. The van der Waals surface area contributed by atoms with Crippen LogP contribution in [-0.4, -0.2) is 30.8 Å². The van der Waals surface area contributed by atoms with Crippen molar-refractivity contribution < 1.29 is 9.90 Å². The molecule has 0 radical (unpaired) electrons. The molecule has 8 nitrogen and oxygen atoms in total. The molecule has 0 fully saturated rings. The highest BCUT2D eigenvalue weighted by Crippen LogP contribution is 2.29. The number of carbonyl (C=O) groups is 1. The van der Waals surface area contributed by atoms with Crippen LogP contribution < -0.4 is 11.4 Å². The van der Waals surface area contributed by atoms with Gasteiger partial charge in [0.15, 0.2) is 5.16 Å². The zero-order chi connectivity index (χ0) is 13.3. The van der Waals surface area contributed by atoms with Crippen LogP contribution in [-0.2, 0) is 7.05 Å². The number of carboxylic acid groups (broad SMARTS) is 1. The molecule has 0 unspecified atom stereocenters. The van der Waals surface area contributed by atoms with Gasteiger partial charge in [0.05, 0.1) is 11.3 Å². The van der Waals surface area contributed by atoms with E-state index >= 15 is 0 Å². The lowest BCUT2D eigenvalue weighted by Gasteiger charge is -2.05. The number of aromatic carboxylic acids is 1. The van der Waals surface area contributed by atoms with Crippen molar-refractivity contribution in [1.82, 2.24) is 19.7 Å². The maximum Gasteiger partial charge on any atom is 0.343 e. The number of H-pyrrole nitrogens is 1. The first kappa shape index (κ1) is 12.2. The maximum absolute atomic E-state index is 11.2. The molecule has 18 heavy (non-hydrogen) atoms. The standard InChI is InChI=1S/C9H9N5O3S/c1-14-8(17)12-13-9(14)18-6-5(10)4(7(15)16)2-3-11-6/h2-3H,10H2,1H3,(H,12,17)(H,15,16). The number of aromatic nitrogens is 4. The number of nitrogens with one attached hydrogen (secondary N) is 1. The summed E-state index contributed by atoms with van der Waals surface area (Å²) in [5.41, 5.74) is 5.34. The van der Waals surface area contributed by atoms with E-state index in [1.807, 2.05) is 0 Å². The molecule has 0 aliphatic rings. The van der Waals surface area contributed by atoms with E-state index in [0.29, 0.717) is 5.16 Å². The van der Waals surface area contributed by atoms with E-state index in [1.54, 1.807) is 0 Å². The molecule has 2 aromatic rings. The fourth-order valence-corrected chi connectivity index (χ4v) is 2.05. The number of hydrogen-bond donors (Lipinski definition) is 3. The predicted octanol–water partition coefficient (Wildman–Crippen LogP) is -0.0650. The van der Waals surface area contributed by atoms with Gasteiger partial charge in [0.2, 0.25) is 0 Å². The third-order valence-corrected chi connectivity index (χ3v) is 3.28. The number of nitrogens with two attached hydrogens (primary N) is 1. The summed E-state index contributed by atoms with van der Waals surface area (Å²) >= 11 is 1.01. The molecule has 0 saturated heterocycles. The summed E-state index contributed by atoms with van der Waals surface area (Å²) in [5, 5.41) is 15.6. The van der Waals surface area contributed by atoms with Crippen molar-refractivity contribution >= 4 is 23.4 Å². The summed E-state index contributed by atoms with van der Waals surface area (Å²) in [5.74, 6) is -1.13. The van der Waals surface area contributed by atoms with Gasteiger partial charge in [0, 0.05) is 13.2 Å². The molecular weight excluding hydrogens is 258 g/mol. The van der Waals surface area contributed by atoms with Crippen LogP contribution in [0.1, 0.15) is 10.4 Å². The van der Waals surface area contributed by atoms with Crippen LogP contribution >= 0.6 is 11.8 Å². The smallest absolute Gasteiger partial charge is 0.343 e.